The number of hydrogen-bond acceptors (Lipinski definition) is 5. The van der Waals surface area contributed by atoms with Crippen molar-refractivity contribution in [3.63, 3.8) is 0 Å². The number of amides is 1. The predicted octanol–water partition coefficient (Wildman–Crippen LogP) is 1.14. The van der Waals surface area contributed by atoms with Crippen LogP contribution in [0.25, 0.3) is 0 Å². The third-order valence-electron chi connectivity index (χ3n) is 3.93. The molecule has 2 aromatic heterocycles. The highest BCUT2D eigenvalue weighted by molar-refractivity contribution is 5.94. The molecule has 0 saturated carbocycles. The summed E-state index contributed by atoms with van der Waals surface area (Å²) in [7, 11) is 1.70. The van der Waals surface area contributed by atoms with E-state index in [9.17, 15) is 4.79 Å². The lowest BCUT2D eigenvalue weighted by molar-refractivity contribution is -0.115. The number of guanidine groups is 1. The zero-order valence-corrected chi connectivity index (χ0v) is 14.6. The van der Waals surface area contributed by atoms with Crippen LogP contribution >= 0.6 is 0 Å². The molecule has 0 spiro atoms. The summed E-state index contributed by atoms with van der Waals surface area (Å²) in [5.74, 6) is 1.15. The Hall–Kier alpha value is -3.16. The zero-order valence-electron chi connectivity index (χ0n) is 14.6. The molecule has 8 heteroatoms. The summed E-state index contributed by atoms with van der Waals surface area (Å²) in [6.45, 7) is 1.63. The van der Waals surface area contributed by atoms with Gasteiger partial charge < -0.3 is 20.3 Å². The predicted molar refractivity (Wildman–Crippen MR) is 99.1 cm³/mol. The SMILES string of the molecule is CN=C(NCC(=O)Nc1cccnc1)N1CCC(Oc2ccccn2)C1. The molecule has 1 fully saturated rings. The van der Waals surface area contributed by atoms with Crippen LogP contribution in [0.5, 0.6) is 5.88 Å². The molecule has 0 aromatic carbocycles. The first kappa shape index (κ1) is 17.7. The van der Waals surface area contributed by atoms with E-state index in [0.29, 0.717) is 24.1 Å². The Balaban J connectivity index is 1.46. The summed E-state index contributed by atoms with van der Waals surface area (Å²) >= 11 is 0. The van der Waals surface area contributed by atoms with Crippen LogP contribution in [0.1, 0.15) is 6.42 Å². The van der Waals surface area contributed by atoms with Crippen molar-refractivity contribution >= 4 is 17.6 Å². The summed E-state index contributed by atoms with van der Waals surface area (Å²) in [5, 5.41) is 5.87. The number of carbonyl (C=O) groups excluding carboxylic acids is 1. The molecule has 0 radical (unpaired) electrons. The minimum absolute atomic E-state index is 0.0488. The fraction of sp³-hybridized carbons (Fsp3) is 0.333. The molecule has 1 atom stereocenters. The van der Waals surface area contributed by atoms with E-state index in [-0.39, 0.29) is 18.6 Å². The number of pyridine rings is 2. The molecule has 26 heavy (non-hydrogen) atoms. The lowest BCUT2D eigenvalue weighted by Gasteiger charge is -2.21. The molecule has 136 valence electrons. The molecular weight excluding hydrogens is 332 g/mol. The maximum atomic E-state index is 12.0. The van der Waals surface area contributed by atoms with Gasteiger partial charge in [0.2, 0.25) is 11.8 Å². The molecule has 1 saturated heterocycles. The molecule has 1 unspecified atom stereocenters. The van der Waals surface area contributed by atoms with Gasteiger partial charge in [-0.1, -0.05) is 6.07 Å². The Morgan fingerprint density at radius 2 is 2.27 bits per heavy atom. The van der Waals surface area contributed by atoms with E-state index >= 15 is 0 Å². The van der Waals surface area contributed by atoms with Crippen molar-refractivity contribution in [3.8, 4) is 5.88 Å². The van der Waals surface area contributed by atoms with Crippen LogP contribution in [0.2, 0.25) is 0 Å². The lowest BCUT2D eigenvalue weighted by Crippen LogP contribution is -2.43. The molecule has 0 aliphatic carbocycles. The van der Waals surface area contributed by atoms with Crippen molar-refractivity contribution in [2.75, 3.05) is 32.0 Å². The van der Waals surface area contributed by atoms with Gasteiger partial charge in [-0.15, -0.1) is 0 Å². The van der Waals surface area contributed by atoms with Crippen molar-refractivity contribution in [3.05, 3.63) is 48.9 Å². The Bertz CT molecular complexity index is 738. The molecule has 1 aliphatic heterocycles. The number of nitrogens with one attached hydrogen (secondary N) is 2. The summed E-state index contributed by atoms with van der Waals surface area (Å²) in [5.41, 5.74) is 0.666. The minimum atomic E-state index is -0.153. The number of aliphatic imine (C=N–C) groups is 1. The third kappa shape index (κ3) is 4.92. The quantitative estimate of drug-likeness (QED) is 0.618. The topological polar surface area (TPSA) is 91.7 Å². The number of hydrogen-bond donors (Lipinski definition) is 2. The molecule has 0 bridgehead atoms. The number of carbonyl (C=O) groups is 1. The molecule has 3 heterocycles. The Morgan fingerprint density at radius 1 is 1.35 bits per heavy atom. The fourth-order valence-electron chi connectivity index (χ4n) is 2.74. The van der Waals surface area contributed by atoms with Gasteiger partial charge in [-0.05, 0) is 18.2 Å². The average molecular weight is 354 g/mol. The van der Waals surface area contributed by atoms with Gasteiger partial charge in [0.05, 0.1) is 25.0 Å². The second kappa shape index (κ2) is 8.80. The number of nitrogens with zero attached hydrogens (tertiary/aromatic N) is 4. The normalized spacial score (nSPS) is 17.0. The largest absolute Gasteiger partial charge is 0.472 e. The van der Waals surface area contributed by atoms with Crippen LogP contribution in [0, 0.1) is 0 Å². The van der Waals surface area contributed by atoms with Gasteiger partial charge in [0.25, 0.3) is 0 Å². The van der Waals surface area contributed by atoms with Crippen LogP contribution in [-0.4, -0.2) is 59.5 Å². The van der Waals surface area contributed by atoms with Crippen molar-refractivity contribution < 1.29 is 9.53 Å². The molecule has 3 rings (SSSR count). The van der Waals surface area contributed by atoms with Crippen LogP contribution < -0.4 is 15.4 Å². The van der Waals surface area contributed by atoms with Crippen LogP contribution in [0.3, 0.4) is 0 Å². The van der Waals surface area contributed by atoms with Gasteiger partial charge in [0.1, 0.15) is 6.10 Å². The fourth-order valence-corrected chi connectivity index (χ4v) is 2.74. The average Bonchev–Trinajstić information content (AvgIpc) is 3.12. The first-order valence-corrected chi connectivity index (χ1v) is 8.48. The summed E-state index contributed by atoms with van der Waals surface area (Å²) in [4.78, 5) is 26.5. The van der Waals surface area contributed by atoms with Crippen molar-refractivity contribution in [1.29, 1.82) is 0 Å². The van der Waals surface area contributed by atoms with E-state index in [1.54, 1.807) is 37.8 Å². The summed E-state index contributed by atoms with van der Waals surface area (Å²) < 4.78 is 5.88. The van der Waals surface area contributed by atoms with Crippen molar-refractivity contribution in [2.24, 2.45) is 4.99 Å². The monoisotopic (exact) mass is 354 g/mol. The van der Waals surface area contributed by atoms with E-state index in [0.717, 1.165) is 13.0 Å². The van der Waals surface area contributed by atoms with Gasteiger partial charge in [-0.3, -0.25) is 14.8 Å². The second-order valence-corrected chi connectivity index (χ2v) is 5.83. The number of likely N-dealkylation sites (tertiary alicyclic amines) is 1. The first-order valence-electron chi connectivity index (χ1n) is 8.48. The van der Waals surface area contributed by atoms with E-state index in [1.165, 1.54) is 0 Å². The third-order valence-corrected chi connectivity index (χ3v) is 3.93. The van der Waals surface area contributed by atoms with Crippen LogP contribution in [0.15, 0.2) is 53.9 Å². The molecule has 8 nitrogen and oxygen atoms in total. The number of ether oxygens (including phenoxy) is 1. The lowest BCUT2D eigenvalue weighted by atomic mass is 10.3. The van der Waals surface area contributed by atoms with Crippen molar-refractivity contribution in [2.45, 2.75) is 12.5 Å². The Kier molecular flexibility index (Phi) is 5.97. The molecular formula is C18H22N6O2. The highest BCUT2D eigenvalue weighted by Gasteiger charge is 2.26. The summed E-state index contributed by atoms with van der Waals surface area (Å²) in [6.07, 6.45) is 5.90. The summed E-state index contributed by atoms with van der Waals surface area (Å²) in [6, 6.07) is 9.17. The Morgan fingerprint density at radius 3 is 3.00 bits per heavy atom. The second-order valence-electron chi connectivity index (χ2n) is 5.83. The minimum Gasteiger partial charge on any atom is -0.472 e. The van der Waals surface area contributed by atoms with E-state index in [4.69, 9.17) is 4.74 Å². The van der Waals surface area contributed by atoms with E-state index in [2.05, 4.69) is 30.5 Å². The molecule has 2 N–H and O–H groups in total. The first-order chi connectivity index (χ1) is 12.7. The Labute approximate surface area is 152 Å². The maximum Gasteiger partial charge on any atom is 0.243 e. The molecule has 1 amide bonds. The van der Waals surface area contributed by atoms with Crippen LogP contribution in [-0.2, 0) is 4.79 Å². The van der Waals surface area contributed by atoms with Gasteiger partial charge in [-0.25, -0.2) is 4.98 Å². The van der Waals surface area contributed by atoms with Gasteiger partial charge >= 0.3 is 0 Å². The number of rotatable bonds is 5. The maximum absolute atomic E-state index is 12.0. The van der Waals surface area contributed by atoms with Crippen LogP contribution in [0.4, 0.5) is 5.69 Å². The molecule has 2 aromatic rings. The van der Waals surface area contributed by atoms with E-state index in [1.807, 2.05) is 18.2 Å². The highest BCUT2D eigenvalue weighted by atomic mass is 16.5. The standard InChI is InChI=1S/C18H22N6O2/c1-19-18(22-12-16(25)23-14-5-4-8-20-11-14)24-10-7-15(13-24)26-17-6-2-3-9-21-17/h2-6,8-9,11,15H,7,10,12-13H2,1H3,(H,19,22)(H,23,25). The van der Waals surface area contributed by atoms with Crippen molar-refractivity contribution in [1.82, 2.24) is 20.2 Å². The smallest absolute Gasteiger partial charge is 0.243 e. The molecule has 1 aliphatic rings. The van der Waals surface area contributed by atoms with Gasteiger partial charge in [0, 0.05) is 38.5 Å². The van der Waals surface area contributed by atoms with E-state index < -0.39 is 0 Å². The number of aromatic nitrogens is 2. The highest BCUT2D eigenvalue weighted by Crippen LogP contribution is 2.16. The zero-order chi connectivity index (χ0) is 18.2. The number of anilines is 1. The van der Waals surface area contributed by atoms with Gasteiger partial charge in [0.15, 0.2) is 5.96 Å². The van der Waals surface area contributed by atoms with Gasteiger partial charge in [-0.2, -0.15) is 0 Å².